The molecule has 0 fully saturated rings. The lowest BCUT2D eigenvalue weighted by Gasteiger charge is -2.18. The molecule has 0 aliphatic heterocycles. The molecule has 7 amide bonds. The van der Waals surface area contributed by atoms with E-state index in [1.54, 1.807) is 0 Å². The topological polar surface area (TPSA) is 287 Å². The molecule has 214 valence electrons. The van der Waals surface area contributed by atoms with Crippen LogP contribution in [-0.2, 0) is 38.4 Å². The van der Waals surface area contributed by atoms with Crippen molar-refractivity contribution in [3.05, 3.63) is 0 Å². The van der Waals surface area contributed by atoms with E-state index in [1.165, 1.54) is 20.8 Å². The van der Waals surface area contributed by atoms with Crippen LogP contribution in [0.3, 0.4) is 0 Å². The van der Waals surface area contributed by atoms with Crippen molar-refractivity contribution in [1.82, 2.24) is 37.2 Å². The van der Waals surface area contributed by atoms with Crippen molar-refractivity contribution in [3.63, 3.8) is 0 Å². The molecule has 0 aliphatic carbocycles. The van der Waals surface area contributed by atoms with Crippen molar-refractivity contribution in [2.45, 2.75) is 44.9 Å². The van der Waals surface area contributed by atoms with Crippen LogP contribution >= 0.6 is 0 Å². The van der Waals surface area contributed by atoms with E-state index < -0.39 is 97.7 Å². The maximum Gasteiger partial charge on any atom is 0.325 e. The Morgan fingerprint density at radius 1 is 0.605 bits per heavy atom. The predicted octanol–water partition coefficient (Wildman–Crippen LogP) is -6.63. The maximum atomic E-state index is 12.1. The molecule has 0 rings (SSSR count). The highest BCUT2D eigenvalue weighted by atomic mass is 16.4. The molecular weight excluding hydrogens is 512 g/mol. The van der Waals surface area contributed by atoms with E-state index in [-0.39, 0.29) is 6.54 Å². The molecule has 4 atom stereocenters. The Labute approximate surface area is 217 Å². The quantitative estimate of drug-likeness (QED) is 0.0868. The minimum atomic E-state index is -1.47. The summed E-state index contributed by atoms with van der Waals surface area (Å²) in [5.41, 5.74) is 5.13. The number of carbonyl (C=O) groups excluding carboxylic acids is 7. The van der Waals surface area contributed by atoms with Gasteiger partial charge in [0.25, 0.3) is 0 Å². The Kier molecular flexibility index (Phi) is 15.2. The van der Waals surface area contributed by atoms with Crippen molar-refractivity contribution in [2.75, 3.05) is 32.8 Å². The van der Waals surface area contributed by atoms with Crippen LogP contribution in [0.25, 0.3) is 0 Å². The SMILES string of the molecule is C[C@H](NC(=O)CNC(=O)[C@H](CO)NC(=O)CNC(=O)[C@H](C)NC(=O)CNC(=O)[C@H](C)NC(=O)CN)C(=O)O. The highest BCUT2D eigenvalue weighted by Gasteiger charge is 2.23. The molecule has 0 saturated heterocycles. The zero-order valence-electron chi connectivity index (χ0n) is 21.1. The average molecular weight is 547 g/mol. The van der Waals surface area contributed by atoms with Gasteiger partial charge in [0.2, 0.25) is 41.4 Å². The number of hydrogen-bond acceptors (Lipinski definition) is 10. The van der Waals surface area contributed by atoms with Gasteiger partial charge in [-0.3, -0.25) is 38.4 Å². The number of rotatable bonds is 16. The van der Waals surface area contributed by atoms with Gasteiger partial charge in [-0.1, -0.05) is 0 Å². The first-order chi connectivity index (χ1) is 17.7. The van der Waals surface area contributed by atoms with Gasteiger partial charge in [0, 0.05) is 0 Å². The van der Waals surface area contributed by atoms with E-state index in [1.807, 2.05) is 0 Å². The molecule has 0 aliphatic rings. The molecule has 18 nitrogen and oxygen atoms in total. The normalized spacial score (nSPS) is 13.4. The van der Waals surface area contributed by atoms with E-state index >= 15 is 0 Å². The minimum Gasteiger partial charge on any atom is -0.480 e. The van der Waals surface area contributed by atoms with Crippen LogP contribution in [0.5, 0.6) is 0 Å². The van der Waals surface area contributed by atoms with Gasteiger partial charge in [0.15, 0.2) is 0 Å². The van der Waals surface area contributed by atoms with Gasteiger partial charge in [0.1, 0.15) is 24.2 Å². The smallest absolute Gasteiger partial charge is 0.325 e. The number of aliphatic carboxylic acids is 1. The van der Waals surface area contributed by atoms with Gasteiger partial charge in [0.05, 0.1) is 32.8 Å². The Morgan fingerprint density at radius 2 is 0.974 bits per heavy atom. The number of nitrogens with two attached hydrogens (primary N) is 1. The lowest BCUT2D eigenvalue weighted by Crippen LogP contribution is -2.54. The van der Waals surface area contributed by atoms with Crippen LogP contribution in [-0.4, -0.2) is 114 Å². The molecule has 11 N–H and O–H groups in total. The van der Waals surface area contributed by atoms with Gasteiger partial charge < -0.3 is 53.2 Å². The fourth-order valence-electron chi connectivity index (χ4n) is 2.45. The third-order valence-corrected chi connectivity index (χ3v) is 4.58. The summed E-state index contributed by atoms with van der Waals surface area (Å²) in [6.45, 7) is 0.999. The molecular formula is C20H34N8O10. The highest BCUT2D eigenvalue weighted by Crippen LogP contribution is 1.87. The maximum absolute atomic E-state index is 12.1. The van der Waals surface area contributed by atoms with Gasteiger partial charge in [-0.25, -0.2) is 0 Å². The van der Waals surface area contributed by atoms with Gasteiger partial charge in [-0.2, -0.15) is 0 Å². The van der Waals surface area contributed by atoms with Crippen molar-refractivity contribution < 1.29 is 48.6 Å². The molecule has 0 bridgehead atoms. The summed E-state index contributed by atoms with van der Waals surface area (Å²) in [5.74, 6) is -6.65. The van der Waals surface area contributed by atoms with E-state index in [2.05, 4.69) is 37.2 Å². The van der Waals surface area contributed by atoms with E-state index in [9.17, 15) is 43.5 Å². The number of hydrogen-bond donors (Lipinski definition) is 10. The highest BCUT2D eigenvalue weighted by molar-refractivity contribution is 5.95. The lowest BCUT2D eigenvalue weighted by molar-refractivity contribution is -0.141. The van der Waals surface area contributed by atoms with Gasteiger partial charge in [-0.15, -0.1) is 0 Å². The molecule has 0 spiro atoms. The summed E-state index contributed by atoms with van der Waals surface area (Å²) < 4.78 is 0. The molecule has 0 radical (unpaired) electrons. The van der Waals surface area contributed by atoms with Crippen molar-refractivity contribution in [3.8, 4) is 0 Å². The summed E-state index contributed by atoms with van der Waals surface area (Å²) in [4.78, 5) is 93.5. The second-order valence-corrected chi connectivity index (χ2v) is 7.87. The van der Waals surface area contributed by atoms with Gasteiger partial charge >= 0.3 is 5.97 Å². The molecule has 0 unspecified atom stereocenters. The number of carbonyl (C=O) groups is 8. The molecule has 0 aromatic rings. The molecule has 0 aromatic carbocycles. The minimum absolute atomic E-state index is 0.315. The van der Waals surface area contributed by atoms with E-state index in [4.69, 9.17) is 10.8 Å². The monoisotopic (exact) mass is 546 g/mol. The predicted molar refractivity (Wildman–Crippen MR) is 128 cm³/mol. The Bertz CT molecular complexity index is 912. The van der Waals surface area contributed by atoms with E-state index in [0.717, 1.165) is 0 Å². The largest absolute Gasteiger partial charge is 0.480 e. The van der Waals surface area contributed by atoms with Gasteiger partial charge in [-0.05, 0) is 20.8 Å². The second kappa shape index (κ2) is 17.2. The van der Waals surface area contributed by atoms with Crippen molar-refractivity contribution in [1.29, 1.82) is 0 Å². The third kappa shape index (κ3) is 13.7. The summed E-state index contributed by atoms with van der Waals surface area (Å²) >= 11 is 0. The Balaban J connectivity index is 4.46. The lowest BCUT2D eigenvalue weighted by atomic mass is 10.2. The number of carboxylic acids is 1. The molecule has 0 saturated carbocycles. The first-order valence-electron chi connectivity index (χ1n) is 11.3. The summed E-state index contributed by atoms with van der Waals surface area (Å²) in [6, 6.07) is -4.73. The Morgan fingerprint density at radius 3 is 1.37 bits per heavy atom. The number of amides is 7. The summed E-state index contributed by atoms with van der Waals surface area (Å²) in [5, 5.41) is 33.5. The molecule has 38 heavy (non-hydrogen) atoms. The number of carboxylic acid groups (broad SMARTS) is 1. The van der Waals surface area contributed by atoms with Crippen LogP contribution in [0.15, 0.2) is 0 Å². The number of aliphatic hydroxyl groups is 1. The first kappa shape index (κ1) is 33.7. The number of nitrogens with one attached hydrogen (secondary N) is 7. The fourth-order valence-corrected chi connectivity index (χ4v) is 2.45. The van der Waals surface area contributed by atoms with Crippen LogP contribution < -0.4 is 43.0 Å². The molecule has 18 heteroatoms. The zero-order valence-corrected chi connectivity index (χ0v) is 21.1. The average Bonchev–Trinajstić information content (AvgIpc) is 2.86. The second-order valence-electron chi connectivity index (χ2n) is 7.87. The van der Waals surface area contributed by atoms with E-state index in [0.29, 0.717) is 0 Å². The fraction of sp³-hybridized carbons (Fsp3) is 0.600. The van der Waals surface area contributed by atoms with Crippen LogP contribution in [0.4, 0.5) is 0 Å². The van der Waals surface area contributed by atoms with Crippen LogP contribution in [0.2, 0.25) is 0 Å². The van der Waals surface area contributed by atoms with Crippen LogP contribution in [0.1, 0.15) is 20.8 Å². The zero-order chi connectivity index (χ0) is 29.4. The first-order valence-corrected chi connectivity index (χ1v) is 11.3. The third-order valence-electron chi connectivity index (χ3n) is 4.58. The van der Waals surface area contributed by atoms with Crippen LogP contribution in [0, 0.1) is 0 Å². The molecule has 0 heterocycles. The summed E-state index contributed by atoms with van der Waals surface area (Å²) in [6.07, 6.45) is 0. The van der Waals surface area contributed by atoms with Crippen molar-refractivity contribution in [2.24, 2.45) is 5.73 Å². The standard InChI is InChI=1S/C20H34N8O10/c1-9(25-13(30)4-21)17(34)22-5-14(31)26-10(2)18(35)23-7-16(33)28-12(8-29)19(36)24-6-15(32)27-11(3)20(37)38/h9-12,29H,4-8,21H2,1-3H3,(H,22,34)(H,23,35)(H,24,36)(H,25,30)(H,26,31)(H,27,32)(H,28,33)(H,37,38)/t9-,10-,11-,12-/m0/s1. The Hall–Kier alpha value is -4.32. The number of aliphatic hydroxyl groups excluding tert-OH is 1. The summed E-state index contributed by atoms with van der Waals surface area (Å²) in [7, 11) is 0. The molecule has 0 aromatic heterocycles. The van der Waals surface area contributed by atoms with Crippen molar-refractivity contribution >= 4 is 47.3 Å².